The van der Waals surface area contributed by atoms with Crippen molar-refractivity contribution in [2.24, 2.45) is 5.10 Å². The number of rotatable bonds is 7. The second kappa shape index (κ2) is 10.5. The van der Waals surface area contributed by atoms with E-state index in [2.05, 4.69) is 55.7 Å². The minimum atomic E-state index is -4.38. The minimum absolute atomic E-state index is 0.0199. The van der Waals surface area contributed by atoms with Gasteiger partial charge in [-0.2, -0.15) is 18.3 Å². The van der Waals surface area contributed by atoms with Gasteiger partial charge in [0.2, 0.25) is 0 Å². The molecule has 0 atom stereocenters. The third kappa shape index (κ3) is 6.54. The predicted octanol–water partition coefficient (Wildman–Crippen LogP) is 6.85. The molecule has 0 bridgehead atoms. The molecule has 0 heterocycles. The Labute approximate surface area is 208 Å². The highest BCUT2D eigenvalue weighted by molar-refractivity contribution is 14.1. The second-order valence-electron chi connectivity index (χ2n) is 6.47. The lowest BCUT2D eigenvalue weighted by Gasteiger charge is -2.11. The fraction of sp³-hybridized carbons (Fsp3) is 0.0952. The predicted molar refractivity (Wildman–Crippen MR) is 132 cm³/mol. The van der Waals surface area contributed by atoms with Crippen LogP contribution in [0.15, 0.2) is 65.8 Å². The van der Waals surface area contributed by atoms with Crippen molar-refractivity contribution < 1.29 is 22.8 Å². The first-order valence-corrected chi connectivity index (χ1v) is 11.1. The van der Waals surface area contributed by atoms with Crippen LogP contribution in [0.4, 0.5) is 24.5 Å². The van der Waals surface area contributed by atoms with Crippen LogP contribution in [-0.2, 0) is 12.8 Å². The molecule has 166 valence electrons. The molecular formula is C21H14F3I2N3O3. The number of hydrogen-bond donors (Lipinski definition) is 1. The summed E-state index contributed by atoms with van der Waals surface area (Å²) in [5.74, 6) is 0.678. The SMILES string of the molecule is O=[N+]([O-])c1ccc(COc2c(I)cc(/C=N/Nc3ccc(C(F)(F)F)cc3)cc2I)cc1. The third-order valence-corrected chi connectivity index (χ3v) is 5.77. The Bertz CT molecular complexity index is 1110. The smallest absolute Gasteiger partial charge is 0.416 e. The van der Waals surface area contributed by atoms with Gasteiger partial charge in [-0.25, -0.2) is 0 Å². The van der Waals surface area contributed by atoms with E-state index in [1.54, 1.807) is 18.3 Å². The Morgan fingerprint density at radius 3 is 2.16 bits per heavy atom. The molecule has 3 aromatic rings. The molecule has 1 N–H and O–H groups in total. The van der Waals surface area contributed by atoms with Crippen molar-refractivity contribution in [1.29, 1.82) is 0 Å². The molecule has 0 fully saturated rings. The lowest BCUT2D eigenvalue weighted by Crippen LogP contribution is -2.04. The molecule has 0 aliphatic heterocycles. The number of alkyl halides is 3. The van der Waals surface area contributed by atoms with Crippen molar-refractivity contribution in [2.45, 2.75) is 12.8 Å². The maximum Gasteiger partial charge on any atom is 0.416 e. The molecule has 6 nitrogen and oxygen atoms in total. The highest BCUT2D eigenvalue weighted by atomic mass is 127. The van der Waals surface area contributed by atoms with Gasteiger partial charge in [-0.3, -0.25) is 15.5 Å². The number of nitrogens with one attached hydrogen (secondary N) is 1. The summed E-state index contributed by atoms with van der Waals surface area (Å²) >= 11 is 4.27. The van der Waals surface area contributed by atoms with E-state index in [0.29, 0.717) is 11.4 Å². The molecule has 32 heavy (non-hydrogen) atoms. The van der Waals surface area contributed by atoms with Gasteiger partial charge in [0.05, 0.1) is 29.5 Å². The summed E-state index contributed by atoms with van der Waals surface area (Å²) in [4.78, 5) is 10.3. The summed E-state index contributed by atoms with van der Waals surface area (Å²) in [5, 5.41) is 14.8. The highest BCUT2D eigenvalue weighted by Gasteiger charge is 2.29. The quantitative estimate of drug-likeness (QED) is 0.130. The van der Waals surface area contributed by atoms with Crippen molar-refractivity contribution in [2.75, 3.05) is 5.43 Å². The lowest BCUT2D eigenvalue weighted by atomic mass is 10.2. The summed E-state index contributed by atoms with van der Waals surface area (Å²) in [5.41, 5.74) is 4.01. The Kier molecular flexibility index (Phi) is 7.92. The topological polar surface area (TPSA) is 76.8 Å². The molecular weight excluding hydrogens is 653 g/mol. The van der Waals surface area contributed by atoms with E-state index in [4.69, 9.17) is 4.74 Å². The average molecular weight is 667 g/mol. The number of nitro groups is 1. The van der Waals surface area contributed by atoms with Gasteiger partial charge in [-0.1, -0.05) is 0 Å². The fourth-order valence-electron chi connectivity index (χ4n) is 2.58. The molecule has 0 aromatic heterocycles. The molecule has 0 unspecified atom stereocenters. The Morgan fingerprint density at radius 2 is 1.62 bits per heavy atom. The number of halogens is 5. The van der Waals surface area contributed by atoms with Crippen LogP contribution in [-0.4, -0.2) is 11.1 Å². The van der Waals surface area contributed by atoms with Crippen LogP contribution in [0.3, 0.4) is 0 Å². The van der Waals surface area contributed by atoms with E-state index < -0.39 is 16.7 Å². The first-order valence-electron chi connectivity index (χ1n) is 8.95. The zero-order valence-electron chi connectivity index (χ0n) is 16.1. The van der Waals surface area contributed by atoms with E-state index >= 15 is 0 Å². The largest absolute Gasteiger partial charge is 0.487 e. The van der Waals surface area contributed by atoms with Crippen molar-refractivity contribution in [1.82, 2.24) is 0 Å². The van der Waals surface area contributed by atoms with Gasteiger partial charge < -0.3 is 4.74 Å². The van der Waals surface area contributed by atoms with Crippen LogP contribution >= 0.6 is 45.2 Å². The Morgan fingerprint density at radius 1 is 1.03 bits per heavy atom. The first kappa shape index (κ1) is 24.2. The van der Waals surface area contributed by atoms with Gasteiger partial charge in [0.25, 0.3) is 5.69 Å². The third-order valence-electron chi connectivity index (χ3n) is 4.17. The summed E-state index contributed by atoms with van der Waals surface area (Å²) in [6, 6.07) is 14.4. The minimum Gasteiger partial charge on any atom is -0.487 e. The van der Waals surface area contributed by atoms with Crippen molar-refractivity contribution in [3.05, 3.63) is 94.6 Å². The number of non-ortho nitro benzene ring substituents is 1. The molecule has 11 heteroatoms. The number of ether oxygens (including phenoxy) is 1. The highest BCUT2D eigenvalue weighted by Crippen LogP contribution is 2.31. The van der Waals surface area contributed by atoms with Crippen LogP contribution in [0.2, 0.25) is 0 Å². The van der Waals surface area contributed by atoms with Gasteiger partial charge in [0.15, 0.2) is 0 Å². The van der Waals surface area contributed by atoms with E-state index in [0.717, 1.165) is 30.4 Å². The van der Waals surface area contributed by atoms with Crippen molar-refractivity contribution in [3.8, 4) is 5.75 Å². The van der Waals surface area contributed by atoms with Crippen LogP contribution in [0.25, 0.3) is 0 Å². The molecule has 0 aliphatic rings. The molecule has 0 amide bonds. The lowest BCUT2D eigenvalue weighted by molar-refractivity contribution is -0.384. The number of nitro benzene ring substituents is 1. The summed E-state index contributed by atoms with van der Waals surface area (Å²) in [6.45, 7) is 0.257. The van der Waals surface area contributed by atoms with Crippen LogP contribution in [0.1, 0.15) is 16.7 Å². The van der Waals surface area contributed by atoms with E-state index in [1.807, 2.05) is 12.1 Å². The van der Waals surface area contributed by atoms with E-state index in [1.165, 1.54) is 24.3 Å². The number of benzene rings is 3. The second-order valence-corrected chi connectivity index (χ2v) is 8.80. The van der Waals surface area contributed by atoms with Gasteiger partial charge in [-0.05, 0) is 105 Å². The van der Waals surface area contributed by atoms with Crippen LogP contribution in [0.5, 0.6) is 5.75 Å². The molecule has 0 aliphatic carbocycles. The summed E-state index contributed by atoms with van der Waals surface area (Å²) in [6.07, 6.45) is -2.82. The number of nitrogens with zero attached hydrogens (tertiary/aromatic N) is 2. The van der Waals surface area contributed by atoms with Gasteiger partial charge in [0.1, 0.15) is 12.4 Å². The van der Waals surface area contributed by atoms with E-state index in [9.17, 15) is 23.3 Å². The van der Waals surface area contributed by atoms with Gasteiger partial charge >= 0.3 is 6.18 Å². The molecule has 3 aromatic carbocycles. The summed E-state index contributed by atoms with van der Waals surface area (Å²) in [7, 11) is 0. The van der Waals surface area contributed by atoms with Gasteiger partial charge in [-0.15, -0.1) is 0 Å². The monoisotopic (exact) mass is 667 g/mol. The standard InChI is InChI=1S/C21H14F3I2N3O3/c22-21(23,24)15-3-5-16(6-4-15)28-27-11-14-9-18(25)20(19(26)10-14)32-12-13-1-7-17(8-2-13)29(30)31/h1-11,28H,12H2/b27-11+. The van der Waals surface area contributed by atoms with Gasteiger partial charge in [0, 0.05) is 12.1 Å². The van der Waals surface area contributed by atoms with Crippen molar-refractivity contribution in [3.63, 3.8) is 0 Å². The summed E-state index contributed by atoms with van der Waals surface area (Å²) < 4.78 is 45.4. The normalized spacial score (nSPS) is 11.5. The first-order chi connectivity index (χ1) is 15.1. The molecule has 0 radical (unpaired) electrons. The average Bonchev–Trinajstić information content (AvgIpc) is 2.73. The van der Waals surface area contributed by atoms with E-state index in [-0.39, 0.29) is 12.3 Å². The zero-order chi connectivity index (χ0) is 23.3. The molecule has 3 rings (SSSR count). The number of hydrogen-bond acceptors (Lipinski definition) is 5. The number of anilines is 1. The molecule has 0 saturated carbocycles. The van der Waals surface area contributed by atoms with Crippen molar-refractivity contribution >= 4 is 62.8 Å². The number of hydrazone groups is 1. The zero-order valence-corrected chi connectivity index (χ0v) is 20.4. The molecule has 0 spiro atoms. The van der Waals surface area contributed by atoms with Crippen LogP contribution in [0, 0.1) is 17.3 Å². The Hall–Kier alpha value is -2.42. The molecule has 0 saturated heterocycles. The maximum absolute atomic E-state index is 12.6. The Balaban J connectivity index is 1.62. The maximum atomic E-state index is 12.6. The fourth-order valence-corrected chi connectivity index (χ4v) is 4.70. The van der Waals surface area contributed by atoms with Crippen LogP contribution < -0.4 is 10.2 Å².